The molecule has 2 fully saturated rings. The summed E-state index contributed by atoms with van der Waals surface area (Å²) in [6.07, 6.45) is 2.90. The lowest BCUT2D eigenvalue weighted by atomic mass is 9.91. The third-order valence-corrected chi connectivity index (χ3v) is 5.50. The van der Waals surface area contributed by atoms with Gasteiger partial charge in [0.25, 0.3) is 0 Å². The first-order valence-corrected chi connectivity index (χ1v) is 8.67. The van der Waals surface area contributed by atoms with Crippen molar-refractivity contribution in [2.75, 3.05) is 18.1 Å². The minimum atomic E-state index is -0.285. The van der Waals surface area contributed by atoms with Crippen molar-refractivity contribution in [1.29, 1.82) is 0 Å². The van der Waals surface area contributed by atoms with Crippen molar-refractivity contribution in [3.05, 3.63) is 29.6 Å². The number of rotatable bonds is 3. The van der Waals surface area contributed by atoms with Gasteiger partial charge in [0.15, 0.2) is 0 Å². The van der Waals surface area contributed by atoms with Crippen LogP contribution in [0.2, 0.25) is 0 Å². The molecule has 0 saturated carbocycles. The zero-order valence-electron chi connectivity index (χ0n) is 12.3. The lowest BCUT2D eigenvalue weighted by molar-refractivity contribution is -0.0960. The summed E-state index contributed by atoms with van der Waals surface area (Å²) in [5.41, 5.74) is 6.78. The van der Waals surface area contributed by atoms with Crippen LogP contribution in [0.25, 0.3) is 0 Å². The van der Waals surface area contributed by atoms with Gasteiger partial charge in [-0.05, 0) is 25.2 Å². The molecule has 21 heavy (non-hydrogen) atoms. The average molecular weight is 311 g/mol. The van der Waals surface area contributed by atoms with Crippen molar-refractivity contribution in [3.8, 4) is 5.75 Å². The molecular weight excluding hydrogens is 289 g/mol. The molecule has 1 aromatic carbocycles. The summed E-state index contributed by atoms with van der Waals surface area (Å²) in [5.74, 6) is 2.48. The molecule has 1 spiro atoms. The third kappa shape index (κ3) is 3.35. The van der Waals surface area contributed by atoms with Gasteiger partial charge in [0.2, 0.25) is 0 Å². The van der Waals surface area contributed by atoms with E-state index in [1.807, 2.05) is 18.7 Å². The Morgan fingerprint density at radius 3 is 3.10 bits per heavy atom. The monoisotopic (exact) mass is 311 g/mol. The largest absolute Gasteiger partial charge is 0.490 e. The SMILES string of the molecule is C[C@H](N)c1ccc(F)cc1OC1CCOC2(CCSC2)C1. The van der Waals surface area contributed by atoms with Crippen molar-refractivity contribution in [3.63, 3.8) is 0 Å². The topological polar surface area (TPSA) is 44.5 Å². The van der Waals surface area contributed by atoms with Crippen LogP contribution in [-0.2, 0) is 4.74 Å². The minimum absolute atomic E-state index is 0.0323. The molecule has 3 nitrogen and oxygen atoms in total. The maximum Gasteiger partial charge on any atom is 0.127 e. The fourth-order valence-electron chi connectivity index (χ4n) is 3.11. The number of thioether (sulfide) groups is 1. The number of nitrogens with two attached hydrogens (primary N) is 1. The maximum absolute atomic E-state index is 13.5. The van der Waals surface area contributed by atoms with E-state index in [-0.39, 0.29) is 23.6 Å². The van der Waals surface area contributed by atoms with E-state index in [0.717, 1.165) is 36.3 Å². The standard InChI is InChI=1S/C16H22FNO2S/c1-11(18)14-3-2-12(17)8-15(14)20-13-4-6-19-16(9-13)5-7-21-10-16/h2-3,8,11,13H,4-7,9-10,18H2,1H3/t11-,13?,16?/m0/s1. The van der Waals surface area contributed by atoms with Gasteiger partial charge in [-0.1, -0.05) is 6.07 Å². The number of benzene rings is 1. The fourth-order valence-corrected chi connectivity index (χ4v) is 4.49. The highest BCUT2D eigenvalue weighted by Crippen LogP contribution is 2.39. The second kappa shape index (κ2) is 6.15. The summed E-state index contributed by atoms with van der Waals surface area (Å²) in [7, 11) is 0. The molecule has 0 amide bonds. The number of hydrogen-bond donors (Lipinski definition) is 1. The normalized spacial score (nSPS) is 30.5. The van der Waals surface area contributed by atoms with Crippen molar-refractivity contribution in [1.82, 2.24) is 0 Å². The van der Waals surface area contributed by atoms with Gasteiger partial charge >= 0.3 is 0 Å². The van der Waals surface area contributed by atoms with Crippen LogP contribution in [0.1, 0.15) is 37.8 Å². The number of ether oxygens (including phenoxy) is 2. The van der Waals surface area contributed by atoms with Crippen molar-refractivity contribution >= 4 is 11.8 Å². The third-order valence-electron chi connectivity index (χ3n) is 4.27. The zero-order valence-corrected chi connectivity index (χ0v) is 13.1. The van der Waals surface area contributed by atoms with Crippen molar-refractivity contribution < 1.29 is 13.9 Å². The Hall–Kier alpha value is -0.780. The van der Waals surface area contributed by atoms with Gasteiger partial charge in [-0.2, -0.15) is 11.8 Å². The van der Waals surface area contributed by atoms with E-state index in [4.69, 9.17) is 15.2 Å². The van der Waals surface area contributed by atoms with Gasteiger partial charge in [-0.3, -0.25) is 0 Å². The van der Waals surface area contributed by atoms with Crippen molar-refractivity contribution in [2.24, 2.45) is 5.73 Å². The van der Waals surface area contributed by atoms with E-state index >= 15 is 0 Å². The molecule has 0 aliphatic carbocycles. The molecule has 2 unspecified atom stereocenters. The zero-order chi connectivity index (χ0) is 14.9. The Bertz CT molecular complexity index is 503. The van der Waals surface area contributed by atoms with Crippen LogP contribution in [0, 0.1) is 5.82 Å². The Kier molecular flexibility index (Phi) is 4.43. The van der Waals surface area contributed by atoms with Crippen LogP contribution >= 0.6 is 11.8 Å². The van der Waals surface area contributed by atoms with Gasteiger partial charge in [0, 0.05) is 36.3 Å². The molecule has 0 aromatic heterocycles. The average Bonchev–Trinajstić information content (AvgIpc) is 2.86. The highest BCUT2D eigenvalue weighted by atomic mass is 32.2. The first kappa shape index (κ1) is 15.1. The van der Waals surface area contributed by atoms with E-state index in [9.17, 15) is 4.39 Å². The van der Waals surface area contributed by atoms with Gasteiger partial charge in [-0.25, -0.2) is 4.39 Å². The number of halogens is 1. The van der Waals surface area contributed by atoms with Crippen LogP contribution < -0.4 is 10.5 Å². The molecule has 3 atom stereocenters. The Balaban J connectivity index is 1.75. The van der Waals surface area contributed by atoms with E-state index in [1.54, 1.807) is 6.07 Å². The van der Waals surface area contributed by atoms with Crippen LogP contribution in [0.4, 0.5) is 4.39 Å². The van der Waals surface area contributed by atoms with E-state index in [2.05, 4.69) is 0 Å². The summed E-state index contributed by atoms with van der Waals surface area (Å²) in [6.45, 7) is 2.60. The summed E-state index contributed by atoms with van der Waals surface area (Å²) in [5, 5.41) is 0. The van der Waals surface area contributed by atoms with Crippen LogP contribution in [0.3, 0.4) is 0 Å². The minimum Gasteiger partial charge on any atom is -0.490 e. The molecule has 0 bridgehead atoms. The molecule has 3 rings (SSSR count). The highest BCUT2D eigenvalue weighted by molar-refractivity contribution is 7.99. The second-order valence-electron chi connectivity index (χ2n) is 6.04. The predicted octanol–water partition coefficient (Wildman–Crippen LogP) is 3.28. The molecule has 2 saturated heterocycles. The van der Waals surface area contributed by atoms with Crippen molar-refractivity contribution in [2.45, 2.75) is 43.9 Å². The first-order chi connectivity index (χ1) is 10.1. The smallest absolute Gasteiger partial charge is 0.127 e. The predicted molar refractivity (Wildman–Crippen MR) is 83.3 cm³/mol. The highest BCUT2D eigenvalue weighted by Gasteiger charge is 2.41. The fraction of sp³-hybridized carbons (Fsp3) is 0.625. The Labute approximate surface area is 129 Å². The Morgan fingerprint density at radius 2 is 2.38 bits per heavy atom. The van der Waals surface area contributed by atoms with Crippen LogP contribution in [-0.4, -0.2) is 29.8 Å². The summed E-state index contributed by atoms with van der Waals surface area (Å²) >= 11 is 1.94. The first-order valence-electron chi connectivity index (χ1n) is 7.51. The number of hydrogen-bond acceptors (Lipinski definition) is 4. The lowest BCUT2D eigenvalue weighted by Crippen LogP contribution is -2.44. The second-order valence-corrected chi connectivity index (χ2v) is 7.14. The molecule has 1 aromatic rings. The van der Waals surface area contributed by atoms with Crippen LogP contribution in [0.5, 0.6) is 5.75 Å². The van der Waals surface area contributed by atoms with Gasteiger partial charge < -0.3 is 15.2 Å². The molecule has 5 heteroatoms. The summed E-state index contributed by atoms with van der Waals surface area (Å²) in [6, 6.07) is 4.43. The maximum atomic E-state index is 13.5. The molecule has 116 valence electrons. The molecular formula is C16H22FNO2S. The van der Waals surface area contributed by atoms with E-state index in [1.165, 1.54) is 12.1 Å². The molecule has 0 radical (unpaired) electrons. The quantitative estimate of drug-likeness (QED) is 0.930. The summed E-state index contributed by atoms with van der Waals surface area (Å²) in [4.78, 5) is 0. The van der Waals surface area contributed by atoms with Gasteiger partial charge in [0.1, 0.15) is 17.7 Å². The Morgan fingerprint density at radius 1 is 1.52 bits per heavy atom. The molecule has 2 heterocycles. The molecule has 2 N–H and O–H groups in total. The lowest BCUT2D eigenvalue weighted by Gasteiger charge is -2.38. The van der Waals surface area contributed by atoms with Gasteiger partial charge in [0.05, 0.1) is 12.2 Å². The van der Waals surface area contributed by atoms with Crippen LogP contribution in [0.15, 0.2) is 18.2 Å². The molecule has 2 aliphatic rings. The summed E-state index contributed by atoms with van der Waals surface area (Å²) < 4.78 is 25.6. The van der Waals surface area contributed by atoms with E-state index < -0.39 is 0 Å². The van der Waals surface area contributed by atoms with Gasteiger partial charge in [-0.15, -0.1) is 0 Å². The molecule has 2 aliphatic heterocycles. The van der Waals surface area contributed by atoms with E-state index in [0.29, 0.717) is 12.4 Å².